The highest BCUT2D eigenvalue weighted by Crippen LogP contribution is 2.18. The Kier molecular flexibility index (Phi) is 4.23. The fraction of sp³-hybridized carbons (Fsp3) is 0.714. The number of thiophene rings is 1. The van der Waals surface area contributed by atoms with Crippen LogP contribution in [0.5, 0.6) is 0 Å². The Morgan fingerprint density at radius 1 is 1.53 bits per heavy atom. The van der Waals surface area contributed by atoms with Crippen LogP contribution >= 0.6 is 11.3 Å². The van der Waals surface area contributed by atoms with Gasteiger partial charge in [-0.3, -0.25) is 4.90 Å². The van der Waals surface area contributed by atoms with Crippen molar-refractivity contribution in [3.63, 3.8) is 0 Å². The first-order valence-electron chi connectivity index (χ1n) is 6.58. The van der Waals surface area contributed by atoms with Crippen LogP contribution in [0.25, 0.3) is 0 Å². The molecule has 0 radical (unpaired) electrons. The summed E-state index contributed by atoms with van der Waals surface area (Å²) in [6, 6.07) is 5.05. The van der Waals surface area contributed by atoms with Crippen molar-refractivity contribution >= 4 is 11.3 Å². The van der Waals surface area contributed by atoms with Gasteiger partial charge in [-0.15, -0.1) is 11.3 Å². The van der Waals surface area contributed by atoms with E-state index in [1.807, 2.05) is 11.3 Å². The fourth-order valence-electron chi connectivity index (χ4n) is 2.58. The van der Waals surface area contributed by atoms with E-state index < -0.39 is 0 Å². The molecule has 1 aromatic heterocycles. The minimum atomic E-state index is 0.250. The molecule has 3 heteroatoms. The molecule has 1 aromatic rings. The summed E-state index contributed by atoms with van der Waals surface area (Å²) in [6.45, 7) is 10.5. The molecule has 1 aliphatic rings. The van der Waals surface area contributed by atoms with Gasteiger partial charge in [-0.2, -0.15) is 0 Å². The zero-order valence-electron chi connectivity index (χ0n) is 11.2. The van der Waals surface area contributed by atoms with Crippen LogP contribution in [0, 0.1) is 0 Å². The molecule has 0 bridgehead atoms. The Morgan fingerprint density at radius 2 is 2.35 bits per heavy atom. The van der Waals surface area contributed by atoms with Crippen LogP contribution in [0.1, 0.15) is 32.1 Å². The molecule has 0 aromatic carbocycles. The fourth-order valence-corrected chi connectivity index (χ4v) is 3.40. The maximum Gasteiger partial charge on any atom is 0.0252 e. The van der Waals surface area contributed by atoms with Crippen molar-refractivity contribution in [2.24, 2.45) is 0 Å². The Hall–Kier alpha value is -0.380. The molecule has 2 rings (SSSR count). The number of nitrogens with zero attached hydrogens (tertiary/aromatic N) is 1. The summed E-state index contributed by atoms with van der Waals surface area (Å²) < 4.78 is 0. The largest absolute Gasteiger partial charge is 0.310 e. The van der Waals surface area contributed by atoms with E-state index in [-0.39, 0.29) is 5.54 Å². The number of hydrogen-bond acceptors (Lipinski definition) is 3. The van der Waals surface area contributed by atoms with Gasteiger partial charge in [0, 0.05) is 23.0 Å². The molecule has 0 aliphatic carbocycles. The number of nitrogens with one attached hydrogen (secondary N) is 1. The van der Waals surface area contributed by atoms with Gasteiger partial charge < -0.3 is 5.32 Å². The van der Waals surface area contributed by atoms with Crippen LogP contribution in [0.15, 0.2) is 17.5 Å². The van der Waals surface area contributed by atoms with Gasteiger partial charge >= 0.3 is 0 Å². The minimum Gasteiger partial charge on any atom is -0.310 e. The molecule has 1 unspecified atom stereocenters. The second-order valence-corrected chi connectivity index (χ2v) is 6.80. The summed E-state index contributed by atoms with van der Waals surface area (Å²) in [6.07, 6.45) is 2.45. The van der Waals surface area contributed by atoms with Gasteiger partial charge in [0.15, 0.2) is 0 Å². The van der Waals surface area contributed by atoms with Crippen molar-refractivity contribution in [2.75, 3.05) is 19.6 Å². The third-order valence-corrected chi connectivity index (χ3v) is 4.42. The molecular formula is C14H24N2S. The molecule has 1 fully saturated rings. The Labute approximate surface area is 109 Å². The van der Waals surface area contributed by atoms with E-state index in [1.165, 1.54) is 24.3 Å². The molecule has 0 saturated carbocycles. The van der Waals surface area contributed by atoms with Crippen LogP contribution in [-0.2, 0) is 6.42 Å². The second kappa shape index (κ2) is 5.51. The molecule has 2 nitrogen and oxygen atoms in total. The molecular weight excluding hydrogens is 228 g/mol. The van der Waals surface area contributed by atoms with Crippen molar-refractivity contribution < 1.29 is 0 Å². The standard InChI is InChI=1S/C14H24N2S/c1-12(10-13-6-4-9-17-13)16-8-5-7-15-14(2,3)11-16/h4,6,9,12,15H,5,7-8,10-11H2,1-3H3. The average Bonchev–Trinajstić information content (AvgIpc) is 2.68. The Bertz CT molecular complexity index is 332. The van der Waals surface area contributed by atoms with Crippen LogP contribution in [-0.4, -0.2) is 36.1 Å². The van der Waals surface area contributed by atoms with Gasteiger partial charge in [0.25, 0.3) is 0 Å². The lowest BCUT2D eigenvalue weighted by molar-refractivity contribution is 0.179. The SMILES string of the molecule is CC(Cc1cccs1)N1CCCNC(C)(C)C1. The van der Waals surface area contributed by atoms with Gasteiger partial charge in [0.2, 0.25) is 0 Å². The van der Waals surface area contributed by atoms with Gasteiger partial charge in [0.1, 0.15) is 0 Å². The number of rotatable bonds is 3. The third-order valence-electron chi connectivity index (χ3n) is 3.52. The van der Waals surface area contributed by atoms with Crippen LogP contribution < -0.4 is 5.32 Å². The zero-order chi connectivity index (χ0) is 12.3. The molecule has 1 atom stereocenters. The lowest BCUT2D eigenvalue weighted by Crippen LogP contribution is -2.48. The van der Waals surface area contributed by atoms with E-state index >= 15 is 0 Å². The maximum absolute atomic E-state index is 3.63. The molecule has 1 N–H and O–H groups in total. The highest BCUT2D eigenvalue weighted by molar-refractivity contribution is 7.09. The molecule has 17 heavy (non-hydrogen) atoms. The maximum atomic E-state index is 3.63. The smallest absolute Gasteiger partial charge is 0.0252 e. The predicted molar refractivity (Wildman–Crippen MR) is 75.8 cm³/mol. The average molecular weight is 252 g/mol. The van der Waals surface area contributed by atoms with Gasteiger partial charge in [-0.05, 0) is 58.1 Å². The van der Waals surface area contributed by atoms with Crippen molar-refractivity contribution in [1.82, 2.24) is 10.2 Å². The Balaban J connectivity index is 1.95. The first kappa shape index (κ1) is 13.1. The summed E-state index contributed by atoms with van der Waals surface area (Å²) in [5.74, 6) is 0. The van der Waals surface area contributed by atoms with Crippen molar-refractivity contribution in [3.05, 3.63) is 22.4 Å². The van der Waals surface area contributed by atoms with Gasteiger partial charge in [-0.25, -0.2) is 0 Å². The van der Waals surface area contributed by atoms with Crippen molar-refractivity contribution in [3.8, 4) is 0 Å². The van der Waals surface area contributed by atoms with E-state index in [1.54, 1.807) is 0 Å². The van der Waals surface area contributed by atoms with Crippen LogP contribution in [0.3, 0.4) is 0 Å². The predicted octanol–water partition coefficient (Wildman–Crippen LogP) is 2.75. The second-order valence-electron chi connectivity index (χ2n) is 5.77. The van der Waals surface area contributed by atoms with Crippen molar-refractivity contribution in [2.45, 2.75) is 45.2 Å². The van der Waals surface area contributed by atoms with E-state index in [2.05, 4.69) is 48.5 Å². The minimum absolute atomic E-state index is 0.250. The highest BCUT2D eigenvalue weighted by atomic mass is 32.1. The summed E-state index contributed by atoms with van der Waals surface area (Å²) in [7, 11) is 0. The number of hydrogen-bond donors (Lipinski definition) is 1. The van der Waals surface area contributed by atoms with E-state index in [4.69, 9.17) is 0 Å². The van der Waals surface area contributed by atoms with E-state index in [0.29, 0.717) is 6.04 Å². The lowest BCUT2D eigenvalue weighted by Gasteiger charge is -2.34. The zero-order valence-corrected chi connectivity index (χ0v) is 12.0. The molecule has 2 heterocycles. The summed E-state index contributed by atoms with van der Waals surface area (Å²) in [4.78, 5) is 4.15. The normalized spacial score (nSPS) is 23.2. The first-order chi connectivity index (χ1) is 8.07. The topological polar surface area (TPSA) is 15.3 Å². The van der Waals surface area contributed by atoms with Crippen molar-refractivity contribution in [1.29, 1.82) is 0 Å². The third kappa shape index (κ3) is 3.80. The Morgan fingerprint density at radius 3 is 3.06 bits per heavy atom. The quantitative estimate of drug-likeness (QED) is 0.890. The monoisotopic (exact) mass is 252 g/mol. The van der Waals surface area contributed by atoms with Crippen LogP contribution in [0.4, 0.5) is 0 Å². The summed E-state index contributed by atoms with van der Waals surface area (Å²) >= 11 is 1.88. The molecule has 0 spiro atoms. The highest BCUT2D eigenvalue weighted by Gasteiger charge is 2.26. The molecule has 96 valence electrons. The molecule has 1 aliphatic heterocycles. The van der Waals surface area contributed by atoms with E-state index in [0.717, 1.165) is 13.1 Å². The summed E-state index contributed by atoms with van der Waals surface area (Å²) in [5, 5.41) is 5.80. The molecule has 0 amide bonds. The van der Waals surface area contributed by atoms with Crippen LogP contribution in [0.2, 0.25) is 0 Å². The molecule has 1 saturated heterocycles. The van der Waals surface area contributed by atoms with E-state index in [9.17, 15) is 0 Å². The lowest BCUT2D eigenvalue weighted by atomic mass is 10.0. The summed E-state index contributed by atoms with van der Waals surface area (Å²) in [5.41, 5.74) is 0.250. The first-order valence-corrected chi connectivity index (χ1v) is 7.46. The van der Waals surface area contributed by atoms with Gasteiger partial charge in [-0.1, -0.05) is 6.07 Å². The van der Waals surface area contributed by atoms with Gasteiger partial charge in [0.05, 0.1) is 0 Å².